The Kier molecular flexibility index (Phi) is 6.58. The number of nitrogens with two attached hydrogens (primary N) is 1. The molecule has 1 aliphatic heterocycles. The molecule has 2 aromatic rings. The van der Waals surface area contributed by atoms with Gasteiger partial charge in [-0.3, -0.25) is 14.5 Å². The SMILES string of the molecule is Cc1ccc(S(C)(=O)=O)cc1C(=O)Nc1cccc(CN2CCC(C(N)=O)CC2)c1. The number of hydrogen-bond acceptors (Lipinski definition) is 5. The number of aryl methyl sites for hydroxylation is 1. The number of nitrogens with one attached hydrogen (secondary N) is 1. The number of carbonyl (C=O) groups is 2. The van der Waals surface area contributed by atoms with E-state index >= 15 is 0 Å². The van der Waals surface area contributed by atoms with Gasteiger partial charge in [-0.05, 0) is 68.2 Å². The van der Waals surface area contributed by atoms with E-state index in [9.17, 15) is 18.0 Å². The van der Waals surface area contributed by atoms with Crippen molar-refractivity contribution in [1.82, 2.24) is 4.90 Å². The molecule has 160 valence electrons. The summed E-state index contributed by atoms with van der Waals surface area (Å²) in [5.74, 6) is -0.621. The molecule has 1 heterocycles. The average molecular weight is 430 g/mol. The Labute approximate surface area is 177 Å². The molecule has 1 fully saturated rings. The van der Waals surface area contributed by atoms with Crippen molar-refractivity contribution >= 4 is 27.3 Å². The summed E-state index contributed by atoms with van der Waals surface area (Å²) in [6.07, 6.45) is 2.65. The van der Waals surface area contributed by atoms with E-state index in [1.165, 1.54) is 12.1 Å². The first-order valence-electron chi connectivity index (χ1n) is 9.86. The van der Waals surface area contributed by atoms with Crippen LogP contribution in [0.25, 0.3) is 0 Å². The summed E-state index contributed by atoms with van der Waals surface area (Å²) in [6, 6.07) is 12.1. The van der Waals surface area contributed by atoms with Gasteiger partial charge in [0, 0.05) is 30.0 Å². The number of benzene rings is 2. The van der Waals surface area contributed by atoms with Crippen molar-refractivity contribution in [3.05, 3.63) is 59.2 Å². The van der Waals surface area contributed by atoms with Crippen LogP contribution in [-0.2, 0) is 21.2 Å². The van der Waals surface area contributed by atoms with Crippen LogP contribution < -0.4 is 11.1 Å². The van der Waals surface area contributed by atoms with Gasteiger partial charge in [-0.2, -0.15) is 0 Å². The summed E-state index contributed by atoms with van der Waals surface area (Å²) in [7, 11) is -3.40. The van der Waals surface area contributed by atoms with Crippen molar-refractivity contribution in [2.24, 2.45) is 11.7 Å². The summed E-state index contributed by atoms with van der Waals surface area (Å²) in [4.78, 5) is 26.4. The molecule has 0 atom stereocenters. The largest absolute Gasteiger partial charge is 0.369 e. The van der Waals surface area contributed by atoms with Crippen LogP contribution in [0.3, 0.4) is 0 Å². The quantitative estimate of drug-likeness (QED) is 0.733. The molecule has 0 aliphatic carbocycles. The molecule has 0 unspecified atom stereocenters. The smallest absolute Gasteiger partial charge is 0.255 e. The minimum Gasteiger partial charge on any atom is -0.369 e. The van der Waals surface area contributed by atoms with Crippen LogP contribution >= 0.6 is 0 Å². The van der Waals surface area contributed by atoms with Gasteiger partial charge in [0.15, 0.2) is 9.84 Å². The maximum absolute atomic E-state index is 12.8. The Hall–Kier alpha value is -2.71. The molecule has 0 saturated carbocycles. The number of rotatable bonds is 6. The van der Waals surface area contributed by atoms with Crippen molar-refractivity contribution in [1.29, 1.82) is 0 Å². The van der Waals surface area contributed by atoms with Crippen LogP contribution in [0.4, 0.5) is 5.69 Å². The molecule has 2 amide bonds. The Morgan fingerprint density at radius 2 is 1.83 bits per heavy atom. The lowest BCUT2D eigenvalue weighted by molar-refractivity contribution is -0.123. The van der Waals surface area contributed by atoms with E-state index in [2.05, 4.69) is 10.2 Å². The fourth-order valence-electron chi connectivity index (χ4n) is 3.66. The maximum atomic E-state index is 12.8. The number of primary amides is 1. The summed E-state index contributed by atoms with van der Waals surface area (Å²) in [6.45, 7) is 4.11. The lowest BCUT2D eigenvalue weighted by Gasteiger charge is -2.30. The van der Waals surface area contributed by atoms with Gasteiger partial charge in [-0.25, -0.2) is 8.42 Å². The van der Waals surface area contributed by atoms with Crippen molar-refractivity contribution in [2.45, 2.75) is 31.2 Å². The zero-order valence-corrected chi connectivity index (χ0v) is 18.0. The van der Waals surface area contributed by atoms with Crippen LogP contribution in [0.15, 0.2) is 47.4 Å². The predicted molar refractivity (Wildman–Crippen MR) is 116 cm³/mol. The van der Waals surface area contributed by atoms with Crippen LogP contribution in [-0.4, -0.2) is 44.5 Å². The van der Waals surface area contributed by atoms with Crippen LogP contribution in [0, 0.1) is 12.8 Å². The number of anilines is 1. The first-order valence-corrected chi connectivity index (χ1v) is 11.8. The van der Waals surface area contributed by atoms with Crippen LogP contribution in [0.5, 0.6) is 0 Å². The lowest BCUT2D eigenvalue weighted by Crippen LogP contribution is -2.38. The molecule has 7 nitrogen and oxygen atoms in total. The van der Waals surface area contributed by atoms with Gasteiger partial charge < -0.3 is 11.1 Å². The van der Waals surface area contributed by atoms with E-state index in [-0.39, 0.29) is 22.6 Å². The van der Waals surface area contributed by atoms with Gasteiger partial charge in [0.05, 0.1) is 4.90 Å². The highest BCUT2D eigenvalue weighted by Gasteiger charge is 2.23. The second-order valence-corrected chi connectivity index (χ2v) is 9.87. The second kappa shape index (κ2) is 8.97. The molecule has 0 radical (unpaired) electrons. The van der Waals surface area contributed by atoms with Crippen LogP contribution in [0.1, 0.15) is 34.3 Å². The van der Waals surface area contributed by atoms with E-state index < -0.39 is 9.84 Å². The van der Waals surface area contributed by atoms with E-state index in [4.69, 9.17) is 5.73 Å². The average Bonchev–Trinajstić information content (AvgIpc) is 2.68. The fourth-order valence-corrected chi connectivity index (χ4v) is 4.30. The Morgan fingerprint density at radius 3 is 2.47 bits per heavy atom. The van der Waals surface area contributed by atoms with Gasteiger partial charge in [0.2, 0.25) is 5.91 Å². The predicted octanol–water partition coefficient (Wildman–Crippen LogP) is 2.35. The third kappa shape index (κ3) is 5.46. The molecular weight excluding hydrogens is 402 g/mol. The third-order valence-electron chi connectivity index (χ3n) is 5.46. The highest BCUT2D eigenvalue weighted by atomic mass is 32.2. The standard InChI is InChI=1S/C22H27N3O4S/c1-15-6-7-19(30(2,28)29)13-20(15)22(27)24-18-5-3-4-16(12-18)14-25-10-8-17(9-11-25)21(23)26/h3-7,12-13,17H,8-11,14H2,1-2H3,(H2,23,26)(H,24,27). The van der Waals surface area contributed by atoms with Gasteiger partial charge >= 0.3 is 0 Å². The Morgan fingerprint density at radius 1 is 1.13 bits per heavy atom. The number of nitrogens with zero attached hydrogens (tertiary/aromatic N) is 1. The topological polar surface area (TPSA) is 110 Å². The maximum Gasteiger partial charge on any atom is 0.255 e. The van der Waals surface area contributed by atoms with Gasteiger partial charge in [0.25, 0.3) is 5.91 Å². The van der Waals surface area contributed by atoms with E-state index in [1.807, 2.05) is 18.2 Å². The molecule has 0 bridgehead atoms. The van der Waals surface area contributed by atoms with Crippen molar-refractivity contribution < 1.29 is 18.0 Å². The summed E-state index contributed by atoms with van der Waals surface area (Å²) < 4.78 is 23.6. The minimum absolute atomic E-state index is 0.0437. The first kappa shape index (κ1) is 22.0. The molecule has 1 saturated heterocycles. The minimum atomic E-state index is -3.40. The molecule has 3 rings (SSSR count). The van der Waals surface area contributed by atoms with Crippen molar-refractivity contribution in [3.63, 3.8) is 0 Å². The van der Waals surface area contributed by atoms with Crippen molar-refractivity contribution in [2.75, 3.05) is 24.7 Å². The highest BCUT2D eigenvalue weighted by Crippen LogP contribution is 2.21. The molecular formula is C22H27N3O4S. The van der Waals surface area contributed by atoms with Crippen LogP contribution in [0.2, 0.25) is 0 Å². The van der Waals surface area contributed by atoms with Gasteiger partial charge in [0.1, 0.15) is 0 Å². The van der Waals surface area contributed by atoms with E-state index in [0.717, 1.165) is 44.3 Å². The molecule has 0 aromatic heterocycles. The number of sulfone groups is 1. The Balaban J connectivity index is 1.68. The number of amides is 2. The number of carbonyl (C=O) groups excluding carboxylic acids is 2. The molecule has 30 heavy (non-hydrogen) atoms. The summed E-state index contributed by atoms with van der Waals surface area (Å²) in [5, 5.41) is 2.86. The van der Waals surface area contributed by atoms with Gasteiger partial charge in [-0.15, -0.1) is 0 Å². The summed E-state index contributed by atoms with van der Waals surface area (Å²) >= 11 is 0. The zero-order chi connectivity index (χ0) is 21.9. The Bertz CT molecular complexity index is 1060. The lowest BCUT2D eigenvalue weighted by atomic mass is 9.96. The fraction of sp³-hybridized carbons (Fsp3) is 0.364. The molecule has 8 heteroatoms. The number of piperidine rings is 1. The monoisotopic (exact) mass is 429 g/mol. The first-order chi connectivity index (χ1) is 14.1. The van der Waals surface area contributed by atoms with Crippen molar-refractivity contribution in [3.8, 4) is 0 Å². The third-order valence-corrected chi connectivity index (χ3v) is 6.57. The second-order valence-electron chi connectivity index (χ2n) is 7.86. The molecule has 1 aliphatic rings. The molecule has 2 aromatic carbocycles. The normalized spacial score (nSPS) is 15.7. The zero-order valence-electron chi connectivity index (χ0n) is 17.2. The highest BCUT2D eigenvalue weighted by molar-refractivity contribution is 7.90. The van der Waals surface area contributed by atoms with E-state index in [1.54, 1.807) is 19.1 Å². The van der Waals surface area contributed by atoms with E-state index in [0.29, 0.717) is 16.8 Å². The molecule has 3 N–H and O–H groups in total. The number of hydrogen-bond donors (Lipinski definition) is 2. The molecule has 0 spiro atoms. The summed E-state index contributed by atoms with van der Waals surface area (Å²) in [5.41, 5.74) is 8.12. The van der Waals surface area contributed by atoms with Gasteiger partial charge in [-0.1, -0.05) is 18.2 Å². The number of likely N-dealkylation sites (tertiary alicyclic amines) is 1.